The van der Waals surface area contributed by atoms with Crippen LogP contribution < -0.4 is 5.73 Å². The molecule has 0 heterocycles. The summed E-state index contributed by atoms with van der Waals surface area (Å²) in [7, 11) is 0. The summed E-state index contributed by atoms with van der Waals surface area (Å²) in [6.07, 6.45) is 6.68. The van der Waals surface area contributed by atoms with Crippen LogP contribution in [-0.2, 0) is 0 Å². The van der Waals surface area contributed by atoms with Gasteiger partial charge in [-0.25, -0.2) is 0 Å². The van der Waals surface area contributed by atoms with Gasteiger partial charge in [-0.3, -0.25) is 10.1 Å². The van der Waals surface area contributed by atoms with Gasteiger partial charge in [-0.05, 0) is 42.9 Å². The van der Waals surface area contributed by atoms with Crippen molar-refractivity contribution in [2.45, 2.75) is 25.8 Å². The molecule has 0 spiro atoms. The maximum Gasteiger partial charge on any atom is 0.269 e. The van der Waals surface area contributed by atoms with E-state index in [0.717, 1.165) is 11.1 Å². The Labute approximate surface area is 100 Å². The topological polar surface area (TPSA) is 69.2 Å². The third-order valence-electron chi connectivity index (χ3n) is 2.94. The van der Waals surface area contributed by atoms with Crippen LogP contribution in [0.2, 0.25) is 0 Å². The molecule has 0 saturated heterocycles. The number of nitro benzene ring substituents is 1. The number of rotatable bonds is 4. The Hall–Kier alpha value is -1.68. The summed E-state index contributed by atoms with van der Waals surface area (Å²) < 4.78 is 0. The first-order valence-corrected chi connectivity index (χ1v) is 5.80. The molecule has 1 saturated carbocycles. The first-order chi connectivity index (χ1) is 8.08. The van der Waals surface area contributed by atoms with Crippen LogP contribution in [0.3, 0.4) is 0 Å². The number of hydrogen-bond donors (Lipinski definition) is 1. The zero-order valence-corrected chi connectivity index (χ0v) is 9.80. The minimum atomic E-state index is -0.389. The van der Waals surface area contributed by atoms with Crippen molar-refractivity contribution in [2.24, 2.45) is 11.7 Å². The Balaban J connectivity index is 2.33. The van der Waals surface area contributed by atoms with Gasteiger partial charge >= 0.3 is 0 Å². The zero-order chi connectivity index (χ0) is 12.4. The van der Waals surface area contributed by atoms with E-state index in [0.29, 0.717) is 5.92 Å². The molecular formula is C13H16N2O2. The molecule has 2 rings (SSSR count). The fraction of sp³-hybridized carbons (Fsp3) is 0.385. The summed E-state index contributed by atoms with van der Waals surface area (Å²) in [5.41, 5.74) is 7.76. The van der Waals surface area contributed by atoms with Gasteiger partial charge in [0.05, 0.1) is 4.92 Å². The van der Waals surface area contributed by atoms with Crippen LogP contribution in [0.25, 0.3) is 6.08 Å². The van der Waals surface area contributed by atoms with Gasteiger partial charge in [-0.2, -0.15) is 0 Å². The van der Waals surface area contributed by atoms with Crippen LogP contribution in [0.1, 0.15) is 36.9 Å². The molecule has 0 amide bonds. The SMILES string of the molecule is C[C@H](N)c1cc([N+](=O)[O-])ccc1/C=C/C1CC1. The van der Waals surface area contributed by atoms with Crippen LogP contribution in [0, 0.1) is 16.0 Å². The molecular weight excluding hydrogens is 216 g/mol. The van der Waals surface area contributed by atoms with Gasteiger partial charge in [0.1, 0.15) is 0 Å². The van der Waals surface area contributed by atoms with E-state index in [1.54, 1.807) is 12.1 Å². The van der Waals surface area contributed by atoms with Crippen LogP contribution in [0.5, 0.6) is 0 Å². The van der Waals surface area contributed by atoms with Gasteiger partial charge in [-0.1, -0.05) is 12.2 Å². The summed E-state index contributed by atoms with van der Waals surface area (Å²) in [5.74, 6) is 0.686. The van der Waals surface area contributed by atoms with Crippen molar-refractivity contribution in [3.63, 3.8) is 0 Å². The van der Waals surface area contributed by atoms with E-state index in [2.05, 4.69) is 6.08 Å². The lowest BCUT2D eigenvalue weighted by atomic mass is 10.0. The fourth-order valence-corrected chi connectivity index (χ4v) is 1.75. The number of non-ortho nitro benzene ring substituents is 1. The molecule has 0 unspecified atom stereocenters. The van der Waals surface area contributed by atoms with Gasteiger partial charge in [0.15, 0.2) is 0 Å². The molecule has 1 atom stereocenters. The van der Waals surface area contributed by atoms with Gasteiger partial charge < -0.3 is 5.73 Å². The molecule has 4 heteroatoms. The van der Waals surface area contributed by atoms with E-state index in [4.69, 9.17) is 5.73 Å². The summed E-state index contributed by atoms with van der Waals surface area (Å²) in [6.45, 7) is 1.84. The van der Waals surface area contributed by atoms with E-state index >= 15 is 0 Å². The first kappa shape index (κ1) is 11.8. The molecule has 0 radical (unpaired) electrons. The van der Waals surface area contributed by atoms with Crippen molar-refractivity contribution >= 4 is 11.8 Å². The predicted molar refractivity (Wildman–Crippen MR) is 67.5 cm³/mol. The van der Waals surface area contributed by atoms with Crippen LogP contribution >= 0.6 is 0 Å². The Kier molecular flexibility index (Phi) is 3.24. The molecule has 1 aromatic carbocycles. The average Bonchev–Trinajstić information content (AvgIpc) is 3.09. The number of nitrogens with zero attached hydrogens (tertiary/aromatic N) is 1. The van der Waals surface area contributed by atoms with Crippen molar-refractivity contribution in [1.82, 2.24) is 0 Å². The van der Waals surface area contributed by atoms with E-state index in [1.165, 1.54) is 18.9 Å². The standard InChI is InChI=1S/C13H16N2O2/c1-9(14)13-8-12(15(16)17)7-6-11(13)5-4-10-2-3-10/h4-10H,2-3,14H2,1H3/b5-4+/t9-/m0/s1. The lowest BCUT2D eigenvalue weighted by Crippen LogP contribution is -2.07. The highest BCUT2D eigenvalue weighted by Crippen LogP contribution is 2.32. The highest BCUT2D eigenvalue weighted by molar-refractivity contribution is 5.58. The zero-order valence-electron chi connectivity index (χ0n) is 9.80. The highest BCUT2D eigenvalue weighted by Gasteiger charge is 2.18. The second-order valence-electron chi connectivity index (χ2n) is 4.56. The molecule has 2 N–H and O–H groups in total. The molecule has 0 aliphatic heterocycles. The maximum absolute atomic E-state index is 10.7. The second kappa shape index (κ2) is 4.67. The molecule has 90 valence electrons. The van der Waals surface area contributed by atoms with Crippen molar-refractivity contribution in [1.29, 1.82) is 0 Å². The van der Waals surface area contributed by atoms with E-state index in [9.17, 15) is 10.1 Å². The Morgan fingerprint density at radius 2 is 2.24 bits per heavy atom. The van der Waals surface area contributed by atoms with Crippen molar-refractivity contribution in [3.05, 3.63) is 45.5 Å². The van der Waals surface area contributed by atoms with E-state index in [-0.39, 0.29) is 16.7 Å². The summed E-state index contributed by atoms with van der Waals surface area (Å²) in [4.78, 5) is 10.3. The largest absolute Gasteiger partial charge is 0.324 e. The normalized spacial score (nSPS) is 17.3. The van der Waals surface area contributed by atoms with E-state index in [1.807, 2.05) is 13.0 Å². The second-order valence-corrected chi connectivity index (χ2v) is 4.56. The van der Waals surface area contributed by atoms with Gasteiger partial charge in [-0.15, -0.1) is 0 Å². The average molecular weight is 232 g/mol. The van der Waals surface area contributed by atoms with Gasteiger partial charge in [0.25, 0.3) is 5.69 Å². The summed E-state index contributed by atoms with van der Waals surface area (Å²) >= 11 is 0. The minimum absolute atomic E-state index is 0.0980. The number of nitro groups is 1. The van der Waals surface area contributed by atoms with Crippen LogP contribution in [0.15, 0.2) is 24.3 Å². The molecule has 1 aromatic rings. The van der Waals surface area contributed by atoms with Crippen molar-refractivity contribution < 1.29 is 4.92 Å². The highest BCUT2D eigenvalue weighted by atomic mass is 16.6. The number of nitrogens with two attached hydrogens (primary N) is 1. The molecule has 0 aromatic heterocycles. The predicted octanol–water partition coefficient (Wildman–Crippen LogP) is 3.04. The van der Waals surface area contributed by atoms with Gasteiger partial charge in [0.2, 0.25) is 0 Å². The summed E-state index contributed by atoms with van der Waals surface area (Å²) in [6, 6.07) is 4.67. The summed E-state index contributed by atoms with van der Waals surface area (Å²) in [5, 5.41) is 10.7. The monoisotopic (exact) mass is 232 g/mol. The molecule has 1 aliphatic carbocycles. The molecule has 0 bridgehead atoms. The van der Waals surface area contributed by atoms with Gasteiger partial charge in [0, 0.05) is 18.2 Å². The van der Waals surface area contributed by atoms with Crippen molar-refractivity contribution in [3.8, 4) is 0 Å². The molecule has 4 nitrogen and oxygen atoms in total. The Bertz CT molecular complexity index is 462. The first-order valence-electron chi connectivity index (χ1n) is 5.80. The fourth-order valence-electron chi connectivity index (χ4n) is 1.75. The smallest absolute Gasteiger partial charge is 0.269 e. The number of allylic oxidation sites excluding steroid dienone is 1. The Morgan fingerprint density at radius 3 is 2.76 bits per heavy atom. The Morgan fingerprint density at radius 1 is 1.53 bits per heavy atom. The van der Waals surface area contributed by atoms with Crippen molar-refractivity contribution in [2.75, 3.05) is 0 Å². The van der Waals surface area contributed by atoms with Crippen LogP contribution in [0.4, 0.5) is 5.69 Å². The third kappa shape index (κ3) is 2.91. The third-order valence-corrected chi connectivity index (χ3v) is 2.94. The molecule has 17 heavy (non-hydrogen) atoms. The molecule has 1 fully saturated rings. The number of hydrogen-bond acceptors (Lipinski definition) is 3. The molecule has 1 aliphatic rings. The maximum atomic E-state index is 10.7. The lowest BCUT2D eigenvalue weighted by Gasteiger charge is -2.09. The lowest BCUT2D eigenvalue weighted by molar-refractivity contribution is -0.384. The van der Waals surface area contributed by atoms with Crippen LogP contribution in [-0.4, -0.2) is 4.92 Å². The number of benzene rings is 1. The quantitative estimate of drug-likeness (QED) is 0.640. The van der Waals surface area contributed by atoms with E-state index < -0.39 is 0 Å². The minimum Gasteiger partial charge on any atom is -0.324 e.